The molecule has 0 aromatic heterocycles. The summed E-state index contributed by atoms with van der Waals surface area (Å²) in [5.41, 5.74) is 4.64. The van der Waals surface area contributed by atoms with E-state index < -0.39 is 34.4 Å². The number of hydrazine groups is 1. The van der Waals surface area contributed by atoms with E-state index in [-0.39, 0.29) is 25.4 Å². The average molecular weight is 406 g/mol. The average Bonchev–Trinajstić information content (AvgIpc) is 2.84. The first kappa shape index (κ1) is 19.8. The Labute approximate surface area is 155 Å². The third kappa shape index (κ3) is 4.84. The first-order valence-corrected chi connectivity index (χ1v) is 9.90. The number of fused-ring (bicyclic) bond motifs is 2. The second-order valence-electron chi connectivity index (χ2n) is 6.57. The van der Waals surface area contributed by atoms with E-state index in [1.165, 1.54) is 0 Å². The minimum atomic E-state index is -4.84. The van der Waals surface area contributed by atoms with Gasteiger partial charge in [-0.25, -0.2) is 4.79 Å². The third-order valence-corrected chi connectivity index (χ3v) is 5.05. The fourth-order valence-electron chi connectivity index (χ4n) is 3.43. The van der Waals surface area contributed by atoms with E-state index in [0.29, 0.717) is 11.5 Å². The fourth-order valence-corrected chi connectivity index (χ4v) is 3.82. The van der Waals surface area contributed by atoms with Gasteiger partial charge in [0.25, 0.3) is 11.8 Å². The van der Waals surface area contributed by atoms with Crippen molar-refractivity contribution in [1.29, 1.82) is 0 Å². The Hall–Kier alpha value is -2.00. The lowest BCUT2D eigenvalue weighted by molar-refractivity contribution is -0.132. The molecule has 3 saturated heterocycles. The number of hydrogen-bond acceptors (Lipinski definition) is 8. The van der Waals surface area contributed by atoms with Crippen LogP contribution in [-0.4, -0.2) is 97.0 Å². The van der Waals surface area contributed by atoms with Crippen molar-refractivity contribution < 1.29 is 31.6 Å². The number of carbonyl (C=O) groups excluding carboxylic acids is 3. The molecule has 3 fully saturated rings. The lowest BCUT2D eigenvalue weighted by Crippen LogP contribution is -2.56. The molecule has 13 nitrogen and oxygen atoms in total. The second kappa shape index (κ2) is 7.93. The summed E-state index contributed by atoms with van der Waals surface area (Å²) >= 11 is 0. The Morgan fingerprint density at radius 1 is 1.22 bits per heavy atom. The van der Waals surface area contributed by atoms with Gasteiger partial charge in [-0.05, 0) is 12.8 Å². The van der Waals surface area contributed by atoms with E-state index in [9.17, 15) is 22.8 Å². The molecule has 2 bridgehead atoms. The molecule has 3 rings (SSSR count). The lowest BCUT2D eigenvalue weighted by Gasteiger charge is -2.29. The van der Waals surface area contributed by atoms with Crippen molar-refractivity contribution in [2.75, 3.05) is 39.3 Å². The highest BCUT2D eigenvalue weighted by Crippen LogP contribution is 2.30. The maximum atomic E-state index is 12.3. The smallest absolute Gasteiger partial charge is 0.314 e. The molecule has 27 heavy (non-hydrogen) atoms. The summed E-state index contributed by atoms with van der Waals surface area (Å²) in [5, 5.41) is 3.73. The van der Waals surface area contributed by atoms with Crippen molar-refractivity contribution in [3.05, 3.63) is 0 Å². The Morgan fingerprint density at radius 2 is 1.93 bits per heavy atom. The zero-order chi connectivity index (χ0) is 19.6. The number of rotatable bonds is 5. The van der Waals surface area contributed by atoms with Gasteiger partial charge >= 0.3 is 16.4 Å². The van der Waals surface area contributed by atoms with E-state index in [4.69, 9.17) is 4.55 Å². The van der Waals surface area contributed by atoms with Gasteiger partial charge in [0, 0.05) is 32.7 Å². The largest absolute Gasteiger partial charge is 0.418 e. The summed E-state index contributed by atoms with van der Waals surface area (Å²) in [6, 6.07) is -2.28. The molecule has 0 aromatic carbocycles. The van der Waals surface area contributed by atoms with Crippen LogP contribution >= 0.6 is 0 Å². The maximum Gasteiger partial charge on any atom is 0.418 e. The van der Waals surface area contributed by atoms with E-state index in [2.05, 4.69) is 20.5 Å². The van der Waals surface area contributed by atoms with Crippen LogP contribution in [0.2, 0.25) is 0 Å². The highest BCUT2D eigenvalue weighted by molar-refractivity contribution is 7.80. The number of hydroxylamine groups is 2. The molecule has 4 N–H and O–H groups in total. The van der Waals surface area contributed by atoms with E-state index >= 15 is 0 Å². The predicted molar refractivity (Wildman–Crippen MR) is 89.0 cm³/mol. The van der Waals surface area contributed by atoms with Crippen molar-refractivity contribution in [2.24, 2.45) is 0 Å². The molecular formula is C13H22N6O7S. The van der Waals surface area contributed by atoms with E-state index in [0.717, 1.165) is 31.1 Å². The monoisotopic (exact) mass is 406 g/mol. The normalized spacial score (nSPS) is 26.2. The molecule has 0 spiro atoms. The Balaban J connectivity index is 1.50. The van der Waals surface area contributed by atoms with Crippen molar-refractivity contribution in [3.63, 3.8) is 0 Å². The van der Waals surface area contributed by atoms with Crippen LogP contribution in [0.5, 0.6) is 0 Å². The standard InChI is InChI=1S/C13H22N6O7S/c20-11(8-17-5-3-14-4-6-17)15-16-12(21)10-2-1-9-7-18(10)13(22)19(9)26-27(23,24)25/h9-10,14H,1-8H2,(H,15,20)(H,16,21)(H,23,24,25)/t9-,10-/m1/s1. The molecular weight excluding hydrogens is 384 g/mol. The van der Waals surface area contributed by atoms with Gasteiger partial charge in [-0.15, -0.1) is 4.28 Å². The van der Waals surface area contributed by atoms with Gasteiger partial charge < -0.3 is 10.2 Å². The number of nitrogens with one attached hydrogen (secondary N) is 3. The molecule has 3 aliphatic heterocycles. The summed E-state index contributed by atoms with van der Waals surface area (Å²) in [7, 11) is -4.84. The van der Waals surface area contributed by atoms with Gasteiger partial charge in [-0.1, -0.05) is 0 Å². The SMILES string of the molecule is O=C(CN1CCNCC1)NNC(=O)[C@H]1CC[C@@H]2CN1C(=O)N2OS(=O)(=O)O. The molecule has 0 unspecified atom stereocenters. The van der Waals surface area contributed by atoms with Crippen LogP contribution in [0.25, 0.3) is 0 Å². The van der Waals surface area contributed by atoms with Crippen molar-refractivity contribution in [1.82, 2.24) is 31.0 Å². The molecule has 3 heterocycles. The summed E-state index contributed by atoms with van der Waals surface area (Å²) in [6.45, 7) is 3.28. The first-order chi connectivity index (χ1) is 12.7. The molecule has 4 amide bonds. The molecule has 0 saturated carbocycles. The van der Waals surface area contributed by atoms with Crippen LogP contribution in [0, 0.1) is 0 Å². The van der Waals surface area contributed by atoms with Gasteiger partial charge in [0.1, 0.15) is 6.04 Å². The van der Waals surface area contributed by atoms with Crippen molar-refractivity contribution in [2.45, 2.75) is 24.9 Å². The zero-order valence-corrected chi connectivity index (χ0v) is 15.3. The first-order valence-electron chi connectivity index (χ1n) is 8.53. The minimum absolute atomic E-state index is 0.0845. The van der Waals surface area contributed by atoms with Gasteiger partial charge in [-0.3, -0.25) is 29.9 Å². The second-order valence-corrected chi connectivity index (χ2v) is 7.58. The van der Waals surface area contributed by atoms with Gasteiger partial charge in [0.2, 0.25) is 0 Å². The number of nitrogens with zero attached hydrogens (tertiary/aromatic N) is 3. The number of hydrogen-bond donors (Lipinski definition) is 4. The highest BCUT2D eigenvalue weighted by Gasteiger charge is 2.49. The summed E-state index contributed by atoms with van der Waals surface area (Å²) in [4.78, 5) is 39.6. The molecule has 14 heteroatoms. The fraction of sp³-hybridized carbons (Fsp3) is 0.769. The number of piperidine rings is 1. The summed E-state index contributed by atoms with van der Waals surface area (Å²) < 4.78 is 34.8. The summed E-state index contributed by atoms with van der Waals surface area (Å²) in [6.07, 6.45) is 0.575. The van der Waals surface area contributed by atoms with Gasteiger partial charge in [0.15, 0.2) is 0 Å². The van der Waals surface area contributed by atoms with Gasteiger partial charge in [0.05, 0.1) is 12.6 Å². The van der Waals surface area contributed by atoms with Crippen LogP contribution in [0.15, 0.2) is 0 Å². The number of carbonyl (C=O) groups is 3. The predicted octanol–water partition coefficient (Wildman–Crippen LogP) is -2.96. The van der Waals surface area contributed by atoms with Crippen LogP contribution in [-0.2, 0) is 24.3 Å². The van der Waals surface area contributed by atoms with Crippen LogP contribution in [0.4, 0.5) is 4.79 Å². The summed E-state index contributed by atoms with van der Waals surface area (Å²) in [5.74, 6) is -0.952. The Bertz CT molecular complexity index is 710. The molecule has 3 aliphatic rings. The molecule has 0 aliphatic carbocycles. The van der Waals surface area contributed by atoms with E-state index in [1.54, 1.807) is 0 Å². The maximum absolute atomic E-state index is 12.3. The molecule has 0 aromatic rings. The minimum Gasteiger partial charge on any atom is -0.314 e. The highest BCUT2D eigenvalue weighted by atomic mass is 32.3. The Morgan fingerprint density at radius 3 is 2.59 bits per heavy atom. The number of urea groups is 1. The van der Waals surface area contributed by atoms with Crippen LogP contribution in [0.3, 0.4) is 0 Å². The number of piperazine rings is 1. The molecule has 152 valence electrons. The topological polar surface area (TPSA) is 161 Å². The molecule has 2 atom stereocenters. The number of amides is 4. The molecule has 0 radical (unpaired) electrons. The van der Waals surface area contributed by atoms with Crippen molar-refractivity contribution >= 4 is 28.2 Å². The Kier molecular flexibility index (Phi) is 5.81. The van der Waals surface area contributed by atoms with Gasteiger partial charge in [-0.2, -0.15) is 13.5 Å². The van der Waals surface area contributed by atoms with E-state index in [1.807, 2.05) is 4.90 Å². The van der Waals surface area contributed by atoms with Crippen LogP contribution < -0.4 is 16.2 Å². The van der Waals surface area contributed by atoms with Crippen LogP contribution in [0.1, 0.15) is 12.8 Å². The quantitative estimate of drug-likeness (QED) is 0.276. The third-order valence-electron chi connectivity index (χ3n) is 4.70. The lowest BCUT2D eigenvalue weighted by atomic mass is 10.0. The van der Waals surface area contributed by atoms with Crippen molar-refractivity contribution in [3.8, 4) is 0 Å². The zero-order valence-electron chi connectivity index (χ0n) is 14.5.